The Morgan fingerprint density at radius 1 is 0.972 bits per heavy atom. The molecule has 9 heteroatoms. The number of likely N-dealkylation sites (tertiary alicyclic amines) is 1. The van der Waals surface area contributed by atoms with E-state index >= 15 is 0 Å². The van der Waals surface area contributed by atoms with E-state index in [2.05, 4.69) is 10.6 Å². The van der Waals surface area contributed by atoms with Crippen LogP contribution in [0.15, 0.2) is 65.5 Å². The minimum Gasteiger partial charge on any atom is -0.497 e. The fraction of sp³-hybridized carbons (Fsp3) is 0.296. The Labute approximate surface area is 207 Å². The zero-order chi connectivity index (χ0) is 25.2. The number of hydrogen-bond donors (Lipinski definition) is 2. The smallest absolute Gasteiger partial charge is 0.321 e. The third-order valence-electron chi connectivity index (χ3n) is 6.78. The standard InChI is InChI=1S/C27H27FN4O4/c1-36-22-8-2-17(3-9-22)13-25(33)30-23-10-11-24-19-12-18(15-32(24)26(23)34)14-31(16-19)27(35)29-21-6-4-20(28)5-7-21/h2-11,18-19H,12-16H2,1H3,(H,29,35)(H,30,33)/t18-,19-/m1/s1. The number of urea groups is 1. The molecule has 2 aromatic carbocycles. The lowest BCUT2D eigenvalue weighted by Gasteiger charge is -2.42. The number of anilines is 2. The molecule has 2 atom stereocenters. The number of halogens is 1. The van der Waals surface area contributed by atoms with Crippen molar-refractivity contribution in [2.24, 2.45) is 5.92 Å². The van der Waals surface area contributed by atoms with Crippen LogP contribution in [0.5, 0.6) is 5.75 Å². The molecule has 36 heavy (non-hydrogen) atoms. The summed E-state index contributed by atoms with van der Waals surface area (Å²) in [5.74, 6) is 0.229. The molecule has 2 aliphatic heterocycles. The molecule has 5 rings (SSSR count). The molecule has 2 bridgehead atoms. The maximum absolute atomic E-state index is 13.2. The molecule has 2 N–H and O–H groups in total. The third-order valence-corrected chi connectivity index (χ3v) is 6.78. The Morgan fingerprint density at radius 3 is 2.44 bits per heavy atom. The number of pyridine rings is 1. The van der Waals surface area contributed by atoms with Gasteiger partial charge in [0.2, 0.25) is 5.91 Å². The zero-order valence-electron chi connectivity index (χ0n) is 19.9. The Bertz CT molecular complexity index is 1340. The van der Waals surface area contributed by atoms with Crippen LogP contribution in [0.1, 0.15) is 23.6 Å². The number of carbonyl (C=O) groups excluding carboxylic acids is 2. The molecule has 1 saturated heterocycles. The van der Waals surface area contributed by atoms with Crippen molar-refractivity contribution in [3.05, 3.63) is 88.1 Å². The van der Waals surface area contributed by atoms with Gasteiger partial charge in [0.15, 0.2) is 0 Å². The summed E-state index contributed by atoms with van der Waals surface area (Å²) in [5, 5.41) is 5.57. The normalized spacial score (nSPS) is 18.2. The van der Waals surface area contributed by atoms with Crippen molar-refractivity contribution >= 4 is 23.3 Å². The summed E-state index contributed by atoms with van der Waals surface area (Å²) in [6.07, 6.45) is 1.04. The number of nitrogens with zero attached hydrogens (tertiary/aromatic N) is 2. The van der Waals surface area contributed by atoms with E-state index in [1.807, 2.05) is 18.2 Å². The molecule has 2 aliphatic rings. The predicted octanol–water partition coefficient (Wildman–Crippen LogP) is 3.83. The van der Waals surface area contributed by atoms with Crippen LogP contribution < -0.4 is 20.9 Å². The number of nitrogens with one attached hydrogen (secondary N) is 2. The molecule has 8 nitrogen and oxygen atoms in total. The molecule has 3 amide bonds. The van der Waals surface area contributed by atoms with E-state index in [0.717, 1.165) is 17.7 Å². The van der Waals surface area contributed by atoms with Crippen LogP contribution in [0.25, 0.3) is 0 Å². The second kappa shape index (κ2) is 9.85. The van der Waals surface area contributed by atoms with Gasteiger partial charge in [-0.25, -0.2) is 9.18 Å². The number of methoxy groups -OCH3 is 1. The van der Waals surface area contributed by atoms with E-state index in [9.17, 15) is 18.8 Å². The number of carbonyl (C=O) groups is 2. The number of hydrogen-bond acceptors (Lipinski definition) is 4. The highest BCUT2D eigenvalue weighted by molar-refractivity contribution is 5.92. The molecule has 1 fully saturated rings. The molecule has 0 radical (unpaired) electrons. The summed E-state index contributed by atoms with van der Waals surface area (Å²) >= 11 is 0. The lowest BCUT2D eigenvalue weighted by molar-refractivity contribution is -0.115. The van der Waals surface area contributed by atoms with Crippen molar-refractivity contribution in [1.29, 1.82) is 0 Å². The van der Waals surface area contributed by atoms with Crippen molar-refractivity contribution in [2.45, 2.75) is 25.3 Å². The van der Waals surface area contributed by atoms with Crippen molar-refractivity contribution in [3.63, 3.8) is 0 Å². The Morgan fingerprint density at radius 2 is 1.72 bits per heavy atom. The molecule has 3 aromatic rings. The first kappa shape index (κ1) is 23.6. The molecule has 3 heterocycles. The van der Waals surface area contributed by atoms with Crippen LogP contribution in [0.3, 0.4) is 0 Å². The monoisotopic (exact) mass is 490 g/mol. The fourth-order valence-electron chi connectivity index (χ4n) is 5.07. The molecule has 0 aliphatic carbocycles. The van der Waals surface area contributed by atoms with Crippen molar-refractivity contribution in [2.75, 3.05) is 30.8 Å². The van der Waals surface area contributed by atoms with Gasteiger partial charge in [0.25, 0.3) is 5.56 Å². The van der Waals surface area contributed by atoms with E-state index in [0.29, 0.717) is 31.1 Å². The Balaban J connectivity index is 1.26. The summed E-state index contributed by atoms with van der Waals surface area (Å²) in [6, 6.07) is 16.1. The highest BCUT2D eigenvalue weighted by Gasteiger charge is 2.36. The van der Waals surface area contributed by atoms with Crippen LogP contribution >= 0.6 is 0 Å². The highest BCUT2D eigenvalue weighted by Crippen LogP contribution is 2.35. The first-order valence-electron chi connectivity index (χ1n) is 11.9. The van der Waals surface area contributed by atoms with Crippen LogP contribution in [0.4, 0.5) is 20.6 Å². The molecular formula is C27H27FN4O4. The van der Waals surface area contributed by atoms with Gasteiger partial charge < -0.3 is 24.8 Å². The first-order chi connectivity index (χ1) is 17.4. The number of ether oxygens (including phenoxy) is 1. The molecular weight excluding hydrogens is 463 g/mol. The maximum atomic E-state index is 13.2. The molecule has 186 valence electrons. The molecule has 0 saturated carbocycles. The van der Waals surface area contributed by atoms with Crippen LogP contribution in [0, 0.1) is 11.7 Å². The number of piperidine rings is 1. The van der Waals surface area contributed by atoms with Crippen LogP contribution in [-0.2, 0) is 17.8 Å². The molecule has 0 unspecified atom stereocenters. The van der Waals surface area contributed by atoms with E-state index < -0.39 is 0 Å². The highest BCUT2D eigenvalue weighted by atomic mass is 19.1. The van der Waals surface area contributed by atoms with Crippen LogP contribution in [0.2, 0.25) is 0 Å². The van der Waals surface area contributed by atoms with E-state index in [1.54, 1.807) is 34.8 Å². The van der Waals surface area contributed by atoms with Gasteiger partial charge >= 0.3 is 6.03 Å². The Hall–Kier alpha value is -4.14. The van der Waals surface area contributed by atoms with Gasteiger partial charge in [-0.15, -0.1) is 0 Å². The fourth-order valence-corrected chi connectivity index (χ4v) is 5.07. The second-order valence-corrected chi connectivity index (χ2v) is 9.30. The van der Waals surface area contributed by atoms with E-state index in [4.69, 9.17) is 4.74 Å². The first-order valence-corrected chi connectivity index (χ1v) is 11.9. The SMILES string of the molecule is COc1ccc(CC(=O)Nc2ccc3n(c2=O)C[C@@H]2C[C@@H]3CN(C(=O)Nc3ccc(F)cc3)C2)cc1. The summed E-state index contributed by atoms with van der Waals surface area (Å²) in [6.45, 7) is 1.47. The van der Waals surface area contributed by atoms with Gasteiger partial charge in [-0.05, 0) is 66.4 Å². The van der Waals surface area contributed by atoms with E-state index in [1.165, 1.54) is 24.3 Å². The number of aromatic nitrogens is 1. The summed E-state index contributed by atoms with van der Waals surface area (Å²) in [7, 11) is 1.58. The van der Waals surface area contributed by atoms with Gasteiger partial charge in [0, 0.05) is 36.9 Å². The predicted molar refractivity (Wildman–Crippen MR) is 134 cm³/mol. The summed E-state index contributed by atoms with van der Waals surface area (Å²) < 4.78 is 20.0. The lowest BCUT2D eigenvalue weighted by atomic mass is 9.83. The van der Waals surface area contributed by atoms with Gasteiger partial charge in [-0.2, -0.15) is 0 Å². The average molecular weight is 491 g/mol. The molecule has 1 aromatic heterocycles. The molecule has 0 spiro atoms. The number of amides is 3. The topological polar surface area (TPSA) is 92.7 Å². The largest absolute Gasteiger partial charge is 0.497 e. The van der Waals surface area contributed by atoms with Crippen molar-refractivity contribution < 1.29 is 18.7 Å². The summed E-state index contributed by atoms with van der Waals surface area (Å²) in [4.78, 5) is 40.4. The van der Waals surface area contributed by atoms with Crippen LogP contribution in [-0.4, -0.2) is 41.6 Å². The summed E-state index contributed by atoms with van der Waals surface area (Å²) in [5.41, 5.74) is 2.24. The average Bonchev–Trinajstić information content (AvgIpc) is 2.87. The van der Waals surface area contributed by atoms with Gasteiger partial charge in [-0.3, -0.25) is 9.59 Å². The quantitative estimate of drug-likeness (QED) is 0.569. The van der Waals surface area contributed by atoms with Crippen molar-refractivity contribution in [3.8, 4) is 5.75 Å². The van der Waals surface area contributed by atoms with Gasteiger partial charge in [0.1, 0.15) is 17.3 Å². The lowest BCUT2D eigenvalue weighted by Crippen LogP contribution is -2.50. The van der Waals surface area contributed by atoms with Gasteiger partial charge in [0.05, 0.1) is 13.5 Å². The maximum Gasteiger partial charge on any atom is 0.321 e. The second-order valence-electron chi connectivity index (χ2n) is 9.30. The number of benzene rings is 2. The van der Waals surface area contributed by atoms with Gasteiger partial charge in [-0.1, -0.05) is 12.1 Å². The zero-order valence-corrected chi connectivity index (χ0v) is 19.9. The van der Waals surface area contributed by atoms with E-state index in [-0.39, 0.29) is 47.3 Å². The minimum absolute atomic E-state index is 0.0215. The number of rotatable bonds is 5. The minimum atomic E-state index is -0.362. The number of fused-ring (bicyclic) bond motifs is 4. The Kier molecular flexibility index (Phi) is 6.45. The van der Waals surface area contributed by atoms with Crippen molar-refractivity contribution in [1.82, 2.24) is 9.47 Å². The third kappa shape index (κ3) is 4.95.